The monoisotopic (exact) mass is 242 g/mol. The highest BCUT2D eigenvalue weighted by atomic mass is 16.4. The molecule has 0 heterocycles. The molecule has 1 unspecified atom stereocenters. The summed E-state index contributed by atoms with van der Waals surface area (Å²) in [6.45, 7) is 3.25. The Bertz CT molecular complexity index is 264. The van der Waals surface area contributed by atoms with Crippen molar-refractivity contribution in [2.45, 2.75) is 45.1 Å². The van der Waals surface area contributed by atoms with Gasteiger partial charge in [0.1, 0.15) is 0 Å². The third kappa shape index (κ3) is 7.74. The van der Waals surface area contributed by atoms with Gasteiger partial charge in [-0.2, -0.15) is 0 Å². The highest BCUT2D eigenvalue weighted by molar-refractivity contribution is 5.76. The minimum absolute atomic E-state index is 0.0420. The number of carbonyl (C=O) groups is 2. The first-order chi connectivity index (χ1) is 8.08. The summed E-state index contributed by atoms with van der Waals surface area (Å²) in [6, 6.07) is 0.636. The number of rotatable bonds is 9. The topological polar surface area (TPSA) is 78.4 Å². The Morgan fingerprint density at radius 2 is 2.06 bits per heavy atom. The fourth-order valence-electron chi connectivity index (χ4n) is 1.53. The van der Waals surface area contributed by atoms with Crippen molar-refractivity contribution in [2.75, 3.05) is 13.1 Å². The first-order valence-electron chi connectivity index (χ1n) is 6.30. The molecule has 0 aromatic rings. The van der Waals surface area contributed by atoms with Crippen molar-refractivity contribution in [1.29, 1.82) is 0 Å². The zero-order valence-corrected chi connectivity index (χ0v) is 10.4. The Hall–Kier alpha value is -1.10. The number of aliphatic carboxylic acids is 1. The molecule has 5 heteroatoms. The number of carboxylic acid groups (broad SMARTS) is 1. The van der Waals surface area contributed by atoms with Gasteiger partial charge < -0.3 is 15.7 Å². The lowest BCUT2D eigenvalue weighted by molar-refractivity contribution is -0.137. The molecule has 0 spiro atoms. The van der Waals surface area contributed by atoms with Crippen molar-refractivity contribution in [3.63, 3.8) is 0 Å². The Kier molecular flexibility index (Phi) is 5.97. The highest BCUT2D eigenvalue weighted by Crippen LogP contribution is 2.18. The molecule has 1 atom stereocenters. The molecule has 98 valence electrons. The zero-order valence-electron chi connectivity index (χ0n) is 10.4. The fourth-order valence-corrected chi connectivity index (χ4v) is 1.53. The van der Waals surface area contributed by atoms with E-state index in [4.69, 9.17) is 5.11 Å². The summed E-state index contributed by atoms with van der Waals surface area (Å²) in [5, 5.41) is 14.6. The van der Waals surface area contributed by atoms with E-state index in [9.17, 15) is 9.59 Å². The molecule has 0 aliphatic heterocycles. The predicted molar refractivity (Wildman–Crippen MR) is 64.7 cm³/mol. The average Bonchev–Trinajstić information content (AvgIpc) is 3.07. The second-order valence-electron chi connectivity index (χ2n) is 4.82. The van der Waals surface area contributed by atoms with Crippen LogP contribution in [0.2, 0.25) is 0 Å². The van der Waals surface area contributed by atoms with Crippen LogP contribution in [0.5, 0.6) is 0 Å². The standard InChI is InChI=1S/C12H22N2O3/c1-9(2-5-12(16)17)8-14-11(15)6-7-13-10-3-4-10/h9-10,13H,2-8H2,1H3,(H,14,15)(H,16,17). The van der Waals surface area contributed by atoms with Crippen molar-refractivity contribution < 1.29 is 14.7 Å². The number of hydrogen-bond acceptors (Lipinski definition) is 3. The lowest BCUT2D eigenvalue weighted by atomic mass is 10.1. The van der Waals surface area contributed by atoms with Crippen molar-refractivity contribution in [3.05, 3.63) is 0 Å². The summed E-state index contributed by atoms with van der Waals surface area (Å²) in [5.74, 6) is -0.524. The summed E-state index contributed by atoms with van der Waals surface area (Å²) < 4.78 is 0. The number of nitrogens with one attached hydrogen (secondary N) is 2. The molecule has 5 nitrogen and oxygen atoms in total. The number of amides is 1. The maximum absolute atomic E-state index is 11.4. The van der Waals surface area contributed by atoms with Gasteiger partial charge in [-0.25, -0.2) is 0 Å². The van der Waals surface area contributed by atoms with Crippen molar-refractivity contribution in [3.8, 4) is 0 Å². The lowest BCUT2D eigenvalue weighted by Gasteiger charge is -2.11. The van der Waals surface area contributed by atoms with E-state index in [1.54, 1.807) is 0 Å². The summed E-state index contributed by atoms with van der Waals surface area (Å²) in [7, 11) is 0. The lowest BCUT2D eigenvalue weighted by Crippen LogP contribution is -2.31. The second kappa shape index (κ2) is 7.27. The van der Waals surface area contributed by atoms with Crippen LogP contribution in [0.15, 0.2) is 0 Å². The maximum atomic E-state index is 11.4. The highest BCUT2D eigenvalue weighted by Gasteiger charge is 2.20. The molecule has 0 bridgehead atoms. The van der Waals surface area contributed by atoms with Crippen LogP contribution in [0.3, 0.4) is 0 Å². The molecule has 1 aliphatic carbocycles. The van der Waals surface area contributed by atoms with Crippen LogP contribution in [-0.4, -0.2) is 36.1 Å². The Morgan fingerprint density at radius 1 is 1.35 bits per heavy atom. The van der Waals surface area contributed by atoms with E-state index in [0.29, 0.717) is 25.4 Å². The minimum atomic E-state index is -0.781. The minimum Gasteiger partial charge on any atom is -0.481 e. The fraction of sp³-hybridized carbons (Fsp3) is 0.833. The van der Waals surface area contributed by atoms with Gasteiger partial charge in [0.25, 0.3) is 0 Å². The number of carbonyl (C=O) groups excluding carboxylic acids is 1. The van der Waals surface area contributed by atoms with Crippen molar-refractivity contribution in [1.82, 2.24) is 10.6 Å². The molecule has 17 heavy (non-hydrogen) atoms. The molecule has 3 N–H and O–H groups in total. The van der Waals surface area contributed by atoms with Crippen LogP contribution in [0.25, 0.3) is 0 Å². The van der Waals surface area contributed by atoms with Crippen molar-refractivity contribution in [2.24, 2.45) is 5.92 Å². The summed E-state index contributed by atoms with van der Waals surface area (Å²) in [6.07, 6.45) is 3.74. The van der Waals surface area contributed by atoms with Gasteiger partial charge in [-0.1, -0.05) is 6.92 Å². The number of carboxylic acids is 1. The molecule has 1 saturated carbocycles. The average molecular weight is 242 g/mol. The van der Waals surface area contributed by atoms with Gasteiger partial charge in [0.05, 0.1) is 0 Å². The van der Waals surface area contributed by atoms with E-state index in [1.807, 2.05) is 6.92 Å². The molecule has 1 rings (SSSR count). The molecule has 0 aromatic heterocycles. The summed E-state index contributed by atoms with van der Waals surface area (Å²) in [4.78, 5) is 21.8. The molecular weight excluding hydrogens is 220 g/mol. The van der Waals surface area contributed by atoms with Crippen LogP contribution in [-0.2, 0) is 9.59 Å². The largest absolute Gasteiger partial charge is 0.481 e. The molecule has 0 aromatic carbocycles. The molecule has 1 amide bonds. The normalized spacial score (nSPS) is 16.5. The predicted octanol–water partition coefficient (Wildman–Crippen LogP) is 0.746. The van der Waals surface area contributed by atoms with Crippen LogP contribution in [0.4, 0.5) is 0 Å². The second-order valence-corrected chi connectivity index (χ2v) is 4.82. The van der Waals surface area contributed by atoms with Crippen molar-refractivity contribution >= 4 is 11.9 Å². The molecule has 0 saturated heterocycles. The van der Waals surface area contributed by atoms with Gasteiger partial charge in [0.15, 0.2) is 0 Å². The van der Waals surface area contributed by atoms with Crippen LogP contribution in [0.1, 0.15) is 39.0 Å². The quantitative estimate of drug-likeness (QED) is 0.557. The third-order valence-corrected chi connectivity index (χ3v) is 2.86. The van der Waals surface area contributed by atoms with Gasteiger partial charge in [0, 0.05) is 32.0 Å². The van der Waals surface area contributed by atoms with E-state index in [-0.39, 0.29) is 18.2 Å². The Balaban J connectivity index is 1.95. The third-order valence-electron chi connectivity index (χ3n) is 2.86. The van der Waals surface area contributed by atoms with Crippen LogP contribution >= 0.6 is 0 Å². The SMILES string of the molecule is CC(CCC(=O)O)CNC(=O)CCNC1CC1. The van der Waals surface area contributed by atoms with E-state index in [0.717, 1.165) is 6.54 Å². The molecule has 1 fully saturated rings. The van der Waals surface area contributed by atoms with Crippen LogP contribution < -0.4 is 10.6 Å². The van der Waals surface area contributed by atoms with Gasteiger partial charge in [-0.05, 0) is 25.2 Å². The Labute approximate surface area is 102 Å². The number of hydrogen-bond donors (Lipinski definition) is 3. The first-order valence-corrected chi connectivity index (χ1v) is 6.30. The van der Waals surface area contributed by atoms with Gasteiger partial charge in [0.2, 0.25) is 5.91 Å². The summed E-state index contributed by atoms with van der Waals surface area (Å²) in [5.41, 5.74) is 0. The zero-order chi connectivity index (χ0) is 12.7. The van der Waals surface area contributed by atoms with Gasteiger partial charge >= 0.3 is 5.97 Å². The van der Waals surface area contributed by atoms with E-state index < -0.39 is 5.97 Å². The summed E-state index contributed by atoms with van der Waals surface area (Å²) >= 11 is 0. The Morgan fingerprint density at radius 3 is 2.65 bits per heavy atom. The smallest absolute Gasteiger partial charge is 0.303 e. The van der Waals surface area contributed by atoms with E-state index in [1.165, 1.54) is 12.8 Å². The van der Waals surface area contributed by atoms with E-state index in [2.05, 4.69) is 10.6 Å². The van der Waals surface area contributed by atoms with E-state index >= 15 is 0 Å². The molecule has 1 aliphatic rings. The maximum Gasteiger partial charge on any atom is 0.303 e. The first kappa shape index (κ1) is 14.0. The molecular formula is C12H22N2O3. The molecule has 0 radical (unpaired) electrons. The van der Waals surface area contributed by atoms with Gasteiger partial charge in [-0.3, -0.25) is 9.59 Å². The van der Waals surface area contributed by atoms with Crippen LogP contribution in [0, 0.1) is 5.92 Å². The van der Waals surface area contributed by atoms with Gasteiger partial charge in [-0.15, -0.1) is 0 Å².